The summed E-state index contributed by atoms with van der Waals surface area (Å²) in [5.74, 6) is 0.916. The van der Waals surface area contributed by atoms with Crippen LogP contribution >= 0.6 is 0 Å². The second-order valence-electron chi connectivity index (χ2n) is 4.52. The van der Waals surface area contributed by atoms with Crippen LogP contribution in [0.1, 0.15) is 25.3 Å². The van der Waals surface area contributed by atoms with Crippen LogP contribution in [0.25, 0.3) is 0 Å². The number of fused-ring (bicyclic) bond motifs is 1. The van der Waals surface area contributed by atoms with E-state index in [0.717, 1.165) is 5.56 Å². The number of hydrogen-bond acceptors (Lipinski definition) is 6. The van der Waals surface area contributed by atoms with Crippen LogP contribution in [0.4, 0.5) is 0 Å². The van der Waals surface area contributed by atoms with Gasteiger partial charge in [-0.05, 0) is 24.6 Å². The van der Waals surface area contributed by atoms with Crippen LogP contribution in [-0.4, -0.2) is 31.8 Å². The molecule has 0 amide bonds. The van der Waals surface area contributed by atoms with Gasteiger partial charge in [-0.2, -0.15) is 0 Å². The lowest BCUT2D eigenvalue weighted by Crippen LogP contribution is -2.12. The van der Waals surface area contributed by atoms with Crippen LogP contribution in [0.5, 0.6) is 11.5 Å². The van der Waals surface area contributed by atoms with E-state index in [1.165, 1.54) is 0 Å². The molecule has 1 aliphatic heterocycles. The Balaban J connectivity index is 1.67. The maximum absolute atomic E-state index is 11.6. The van der Waals surface area contributed by atoms with Crippen molar-refractivity contribution in [3.8, 4) is 11.5 Å². The minimum absolute atomic E-state index is 0.0200. The summed E-state index contributed by atoms with van der Waals surface area (Å²) in [4.78, 5) is 22.7. The zero-order valence-electron chi connectivity index (χ0n) is 11.9. The standard InChI is InChI=1S/C15H18O6/c1-2-19-15(17)6-4-12(16)9-18-8-11-3-5-13-14(7-11)21-10-20-13/h3,5,7H,2,4,6,8-10H2,1H3. The predicted octanol–water partition coefficient (Wildman–Crippen LogP) is 1.84. The zero-order chi connectivity index (χ0) is 15.1. The molecule has 0 aromatic heterocycles. The Morgan fingerprint density at radius 1 is 1.19 bits per heavy atom. The highest BCUT2D eigenvalue weighted by molar-refractivity contribution is 5.83. The van der Waals surface area contributed by atoms with E-state index in [0.29, 0.717) is 24.7 Å². The third kappa shape index (κ3) is 4.75. The summed E-state index contributed by atoms with van der Waals surface area (Å²) < 4.78 is 20.6. The maximum Gasteiger partial charge on any atom is 0.306 e. The van der Waals surface area contributed by atoms with Crippen LogP contribution in [0.15, 0.2) is 18.2 Å². The molecule has 2 rings (SSSR count). The van der Waals surface area contributed by atoms with Crippen LogP contribution in [0.2, 0.25) is 0 Å². The van der Waals surface area contributed by atoms with Crippen LogP contribution in [-0.2, 0) is 25.7 Å². The molecule has 0 fully saturated rings. The van der Waals surface area contributed by atoms with E-state index in [9.17, 15) is 9.59 Å². The number of hydrogen-bond donors (Lipinski definition) is 0. The van der Waals surface area contributed by atoms with Crippen molar-refractivity contribution in [2.24, 2.45) is 0 Å². The maximum atomic E-state index is 11.6. The van der Waals surface area contributed by atoms with Crippen molar-refractivity contribution in [2.75, 3.05) is 20.0 Å². The first-order valence-electron chi connectivity index (χ1n) is 6.82. The Bertz CT molecular complexity index is 511. The summed E-state index contributed by atoms with van der Waals surface area (Å²) in [5.41, 5.74) is 0.900. The van der Waals surface area contributed by atoms with Gasteiger partial charge in [-0.25, -0.2) is 0 Å². The van der Waals surface area contributed by atoms with E-state index in [2.05, 4.69) is 0 Å². The van der Waals surface area contributed by atoms with E-state index < -0.39 is 0 Å². The third-order valence-corrected chi connectivity index (χ3v) is 2.88. The van der Waals surface area contributed by atoms with Gasteiger partial charge >= 0.3 is 5.97 Å². The molecule has 0 aliphatic carbocycles. The van der Waals surface area contributed by atoms with Gasteiger partial charge in [-0.15, -0.1) is 0 Å². The van der Waals surface area contributed by atoms with Crippen molar-refractivity contribution < 1.29 is 28.5 Å². The second kappa shape index (κ2) is 7.64. The average molecular weight is 294 g/mol. The molecule has 0 N–H and O–H groups in total. The topological polar surface area (TPSA) is 71.1 Å². The van der Waals surface area contributed by atoms with Gasteiger partial charge < -0.3 is 18.9 Å². The Hall–Kier alpha value is -2.08. The van der Waals surface area contributed by atoms with Crippen molar-refractivity contribution >= 4 is 11.8 Å². The summed E-state index contributed by atoms with van der Waals surface area (Å²) in [6.45, 7) is 2.57. The van der Waals surface area contributed by atoms with Crippen molar-refractivity contribution in [3.05, 3.63) is 23.8 Å². The number of rotatable bonds is 8. The highest BCUT2D eigenvalue weighted by Gasteiger charge is 2.13. The lowest BCUT2D eigenvalue weighted by Gasteiger charge is -2.05. The smallest absolute Gasteiger partial charge is 0.306 e. The SMILES string of the molecule is CCOC(=O)CCC(=O)COCc1ccc2c(c1)OCO2. The van der Waals surface area contributed by atoms with Gasteiger partial charge in [0, 0.05) is 6.42 Å². The van der Waals surface area contributed by atoms with E-state index in [1.807, 2.05) is 18.2 Å². The molecule has 0 bridgehead atoms. The quantitative estimate of drug-likeness (QED) is 0.681. The number of ketones is 1. The molecule has 1 aromatic rings. The van der Waals surface area contributed by atoms with Gasteiger partial charge in [-0.1, -0.05) is 6.07 Å². The van der Waals surface area contributed by atoms with Crippen LogP contribution in [0.3, 0.4) is 0 Å². The highest BCUT2D eigenvalue weighted by Crippen LogP contribution is 2.32. The van der Waals surface area contributed by atoms with Crippen molar-refractivity contribution in [2.45, 2.75) is 26.4 Å². The van der Waals surface area contributed by atoms with Gasteiger partial charge in [-0.3, -0.25) is 9.59 Å². The molecular formula is C15H18O6. The summed E-state index contributed by atoms with van der Waals surface area (Å²) >= 11 is 0. The van der Waals surface area contributed by atoms with E-state index in [4.69, 9.17) is 18.9 Å². The fourth-order valence-electron chi connectivity index (χ4n) is 1.86. The molecule has 0 saturated carbocycles. The van der Waals surface area contributed by atoms with Gasteiger partial charge in [0.05, 0.1) is 19.6 Å². The minimum atomic E-state index is -0.360. The minimum Gasteiger partial charge on any atom is -0.466 e. The first kappa shape index (κ1) is 15.3. The van der Waals surface area contributed by atoms with E-state index >= 15 is 0 Å². The van der Waals surface area contributed by atoms with Gasteiger partial charge in [0.1, 0.15) is 6.61 Å². The fourth-order valence-corrected chi connectivity index (χ4v) is 1.86. The Morgan fingerprint density at radius 3 is 2.81 bits per heavy atom. The molecule has 0 unspecified atom stereocenters. The van der Waals surface area contributed by atoms with Crippen molar-refractivity contribution in [1.29, 1.82) is 0 Å². The summed E-state index contributed by atoms with van der Waals surface area (Å²) in [6, 6.07) is 5.49. The highest BCUT2D eigenvalue weighted by atomic mass is 16.7. The molecule has 6 heteroatoms. The zero-order valence-corrected chi connectivity index (χ0v) is 11.9. The Morgan fingerprint density at radius 2 is 2.00 bits per heavy atom. The monoisotopic (exact) mass is 294 g/mol. The Kier molecular flexibility index (Phi) is 5.57. The number of Topliss-reactive ketones (excluding diaryl/α,β-unsaturated/α-hetero) is 1. The molecule has 21 heavy (non-hydrogen) atoms. The normalized spacial score (nSPS) is 12.2. The van der Waals surface area contributed by atoms with Crippen LogP contribution in [0, 0.1) is 0 Å². The van der Waals surface area contributed by atoms with Crippen LogP contribution < -0.4 is 9.47 Å². The molecule has 1 heterocycles. The summed E-state index contributed by atoms with van der Waals surface area (Å²) in [7, 11) is 0. The molecule has 114 valence electrons. The molecule has 0 atom stereocenters. The molecular weight excluding hydrogens is 276 g/mol. The van der Waals surface area contributed by atoms with Crippen molar-refractivity contribution in [1.82, 2.24) is 0 Å². The first-order valence-corrected chi connectivity index (χ1v) is 6.82. The summed E-state index contributed by atoms with van der Waals surface area (Å²) in [5, 5.41) is 0. The first-order chi connectivity index (χ1) is 10.2. The van der Waals surface area contributed by atoms with Crippen molar-refractivity contribution in [3.63, 3.8) is 0 Å². The molecule has 0 saturated heterocycles. The third-order valence-electron chi connectivity index (χ3n) is 2.88. The molecule has 6 nitrogen and oxygen atoms in total. The number of carbonyl (C=O) groups excluding carboxylic acids is 2. The molecule has 0 radical (unpaired) electrons. The van der Waals surface area contributed by atoms with Gasteiger partial charge in [0.2, 0.25) is 6.79 Å². The molecule has 0 spiro atoms. The van der Waals surface area contributed by atoms with E-state index in [1.54, 1.807) is 6.92 Å². The number of carbonyl (C=O) groups is 2. The largest absolute Gasteiger partial charge is 0.466 e. The van der Waals surface area contributed by atoms with E-state index in [-0.39, 0.29) is 38.0 Å². The van der Waals surface area contributed by atoms with Gasteiger partial charge in [0.15, 0.2) is 17.3 Å². The molecule has 1 aliphatic rings. The fraction of sp³-hybridized carbons (Fsp3) is 0.467. The molecule has 1 aromatic carbocycles. The predicted molar refractivity (Wildman–Crippen MR) is 73.1 cm³/mol. The lowest BCUT2D eigenvalue weighted by molar-refractivity contribution is -0.144. The number of ether oxygens (including phenoxy) is 4. The van der Waals surface area contributed by atoms with Gasteiger partial charge in [0.25, 0.3) is 0 Å². The number of benzene rings is 1. The average Bonchev–Trinajstić information content (AvgIpc) is 2.93. The lowest BCUT2D eigenvalue weighted by atomic mass is 10.2. The second-order valence-corrected chi connectivity index (χ2v) is 4.52. The number of esters is 1. The Labute approximate surface area is 122 Å². The summed E-state index contributed by atoms with van der Waals surface area (Å²) in [6.07, 6.45) is 0.236.